The first kappa shape index (κ1) is 21.7. The molecule has 0 bridgehead atoms. The molecule has 3 aromatic rings. The van der Waals surface area contributed by atoms with Crippen LogP contribution in [0.15, 0.2) is 89.8 Å². The predicted molar refractivity (Wildman–Crippen MR) is 116 cm³/mol. The van der Waals surface area contributed by atoms with Crippen molar-refractivity contribution in [1.29, 1.82) is 0 Å². The third-order valence-corrected chi connectivity index (χ3v) is 6.11. The quantitative estimate of drug-likeness (QED) is 0.181. The molecule has 0 fully saturated rings. The van der Waals surface area contributed by atoms with Gasteiger partial charge in [0, 0.05) is 25.3 Å². The molecule has 0 saturated heterocycles. The summed E-state index contributed by atoms with van der Waals surface area (Å²) < 4.78 is 31.7. The van der Waals surface area contributed by atoms with Crippen molar-refractivity contribution in [3.63, 3.8) is 0 Å². The largest absolute Gasteiger partial charge is 0.423 e. The molecule has 8 nitrogen and oxygen atoms in total. The molecule has 0 heterocycles. The van der Waals surface area contributed by atoms with E-state index in [0.29, 0.717) is 11.3 Å². The van der Waals surface area contributed by atoms with Crippen molar-refractivity contribution in [2.75, 3.05) is 11.4 Å². The highest BCUT2D eigenvalue weighted by Gasteiger charge is 2.20. The number of hydrogen-bond acceptors (Lipinski definition) is 6. The molecule has 158 valence electrons. The molecule has 9 heteroatoms. The van der Waals surface area contributed by atoms with Crippen LogP contribution in [-0.2, 0) is 14.8 Å². The van der Waals surface area contributed by atoms with E-state index in [1.165, 1.54) is 67.7 Å². The summed E-state index contributed by atoms with van der Waals surface area (Å²) in [6.45, 7) is 0. The summed E-state index contributed by atoms with van der Waals surface area (Å²) in [6.07, 6.45) is 2.56. The number of carbonyl (C=O) groups is 1. The first-order valence-electron chi connectivity index (χ1n) is 9.06. The maximum Gasteiger partial charge on any atom is 0.336 e. The van der Waals surface area contributed by atoms with Crippen LogP contribution in [0.3, 0.4) is 0 Å². The lowest BCUT2D eigenvalue weighted by molar-refractivity contribution is -0.384. The molecule has 0 aliphatic carbocycles. The van der Waals surface area contributed by atoms with Gasteiger partial charge in [0.1, 0.15) is 5.75 Å². The molecule has 0 N–H and O–H groups in total. The molecule has 0 saturated carbocycles. The number of nitro groups is 1. The molecular weight excluding hydrogens is 420 g/mol. The monoisotopic (exact) mass is 438 g/mol. The fourth-order valence-electron chi connectivity index (χ4n) is 2.67. The highest BCUT2D eigenvalue weighted by molar-refractivity contribution is 7.92. The second kappa shape index (κ2) is 9.23. The van der Waals surface area contributed by atoms with Gasteiger partial charge in [-0.2, -0.15) is 0 Å². The van der Waals surface area contributed by atoms with Crippen molar-refractivity contribution in [3.8, 4) is 5.75 Å². The number of nitrogens with zero attached hydrogens (tertiary/aromatic N) is 2. The van der Waals surface area contributed by atoms with E-state index in [0.717, 1.165) is 10.4 Å². The van der Waals surface area contributed by atoms with Gasteiger partial charge in [-0.1, -0.05) is 30.3 Å². The van der Waals surface area contributed by atoms with Crippen LogP contribution >= 0.6 is 0 Å². The van der Waals surface area contributed by atoms with Crippen molar-refractivity contribution in [3.05, 3.63) is 101 Å². The number of benzene rings is 3. The SMILES string of the molecule is CN(c1ccc(OC(=O)/C=C/c2cccc([N+](=O)[O-])c2)cc1)S(=O)(=O)c1ccccc1. The predicted octanol–water partition coefficient (Wildman–Crippen LogP) is 4.04. The van der Waals surface area contributed by atoms with Crippen molar-refractivity contribution in [1.82, 2.24) is 0 Å². The minimum atomic E-state index is -3.71. The number of sulfonamides is 1. The molecule has 0 atom stereocenters. The maximum absolute atomic E-state index is 12.7. The molecule has 0 aromatic heterocycles. The normalized spacial score (nSPS) is 11.3. The fraction of sp³-hybridized carbons (Fsp3) is 0.0455. The smallest absolute Gasteiger partial charge is 0.336 e. The van der Waals surface area contributed by atoms with Gasteiger partial charge in [0.2, 0.25) is 0 Å². The van der Waals surface area contributed by atoms with Crippen LogP contribution < -0.4 is 9.04 Å². The molecule has 31 heavy (non-hydrogen) atoms. The Kier molecular flexibility index (Phi) is 6.46. The molecule has 3 rings (SSSR count). The number of non-ortho nitro benzene ring substituents is 1. The van der Waals surface area contributed by atoms with Crippen LogP contribution in [0.25, 0.3) is 6.08 Å². The molecule has 0 unspecified atom stereocenters. The fourth-order valence-corrected chi connectivity index (χ4v) is 3.89. The summed E-state index contributed by atoms with van der Waals surface area (Å²) in [5, 5.41) is 10.8. The average molecular weight is 438 g/mol. The zero-order chi connectivity index (χ0) is 22.4. The highest BCUT2D eigenvalue weighted by atomic mass is 32.2. The molecule has 3 aromatic carbocycles. The second-order valence-electron chi connectivity index (χ2n) is 6.39. The number of nitro benzene ring substituents is 1. The topological polar surface area (TPSA) is 107 Å². The van der Waals surface area contributed by atoms with E-state index in [1.807, 2.05) is 0 Å². The van der Waals surface area contributed by atoms with Gasteiger partial charge in [0.15, 0.2) is 0 Å². The van der Waals surface area contributed by atoms with Gasteiger partial charge < -0.3 is 4.74 Å². The Hall–Kier alpha value is -3.98. The van der Waals surface area contributed by atoms with Crippen LogP contribution in [0.5, 0.6) is 5.75 Å². The molecule has 0 amide bonds. The van der Waals surface area contributed by atoms with Gasteiger partial charge in [-0.25, -0.2) is 13.2 Å². The van der Waals surface area contributed by atoms with Crippen LogP contribution in [0, 0.1) is 10.1 Å². The van der Waals surface area contributed by atoms with Crippen molar-refractivity contribution in [2.45, 2.75) is 4.90 Å². The third-order valence-electron chi connectivity index (χ3n) is 4.31. The Bertz CT molecular complexity index is 1220. The van der Waals surface area contributed by atoms with E-state index in [2.05, 4.69) is 0 Å². The van der Waals surface area contributed by atoms with E-state index >= 15 is 0 Å². The Morgan fingerprint density at radius 1 is 1.00 bits per heavy atom. The zero-order valence-electron chi connectivity index (χ0n) is 16.4. The number of carbonyl (C=O) groups excluding carboxylic acids is 1. The summed E-state index contributed by atoms with van der Waals surface area (Å²) in [6, 6.07) is 19.9. The third kappa shape index (κ3) is 5.34. The van der Waals surface area contributed by atoms with Crippen molar-refractivity contribution >= 4 is 33.4 Å². The second-order valence-corrected chi connectivity index (χ2v) is 8.36. The Balaban J connectivity index is 1.67. The van der Waals surface area contributed by atoms with E-state index < -0.39 is 20.9 Å². The lowest BCUT2D eigenvalue weighted by Gasteiger charge is -2.19. The molecule has 0 radical (unpaired) electrons. The lowest BCUT2D eigenvalue weighted by atomic mass is 10.2. The Labute approximate surface area is 179 Å². The van der Waals surface area contributed by atoms with E-state index in [4.69, 9.17) is 4.74 Å². The van der Waals surface area contributed by atoms with Gasteiger partial charge in [-0.3, -0.25) is 14.4 Å². The van der Waals surface area contributed by atoms with Crippen LogP contribution in [0.4, 0.5) is 11.4 Å². The van der Waals surface area contributed by atoms with Gasteiger partial charge in [0.05, 0.1) is 15.5 Å². The maximum atomic E-state index is 12.7. The first-order chi connectivity index (χ1) is 14.8. The first-order valence-corrected chi connectivity index (χ1v) is 10.5. The summed E-state index contributed by atoms with van der Waals surface area (Å²) in [4.78, 5) is 22.5. The molecular formula is C22H18N2O6S. The Morgan fingerprint density at radius 2 is 1.68 bits per heavy atom. The number of esters is 1. The van der Waals surface area contributed by atoms with Crippen LogP contribution in [-0.4, -0.2) is 26.4 Å². The summed E-state index contributed by atoms with van der Waals surface area (Å²) >= 11 is 0. The standard InChI is InChI=1S/C22H18N2O6S/c1-23(31(28,29)21-8-3-2-4-9-21)18-11-13-20(14-12-18)30-22(25)15-10-17-6-5-7-19(16-17)24(26)27/h2-16H,1H3/b15-10+. The Morgan fingerprint density at radius 3 is 2.32 bits per heavy atom. The van der Waals surface area contributed by atoms with E-state index in [-0.39, 0.29) is 16.3 Å². The number of hydrogen-bond donors (Lipinski definition) is 0. The summed E-state index contributed by atoms with van der Waals surface area (Å²) in [5.41, 5.74) is 0.797. The van der Waals surface area contributed by atoms with E-state index in [1.54, 1.807) is 24.3 Å². The van der Waals surface area contributed by atoms with E-state index in [9.17, 15) is 23.3 Å². The minimum absolute atomic E-state index is 0.0827. The van der Waals surface area contributed by atoms with Crippen molar-refractivity contribution < 1.29 is 22.9 Å². The summed E-state index contributed by atoms with van der Waals surface area (Å²) in [5.74, 6) is -0.451. The molecule has 0 aliphatic heterocycles. The van der Waals surface area contributed by atoms with Gasteiger partial charge in [-0.15, -0.1) is 0 Å². The molecule has 0 spiro atoms. The minimum Gasteiger partial charge on any atom is -0.423 e. The zero-order valence-corrected chi connectivity index (χ0v) is 17.2. The van der Waals surface area contributed by atoms with Gasteiger partial charge in [-0.05, 0) is 48.0 Å². The summed E-state index contributed by atoms with van der Waals surface area (Å²) in [7, 11) is -2.27. The van der Waals surface area contributed by atoms with Crippen LogP contribution in [0.2, 0.25) is 0 Å². The van der Waals surface area contributed by atoms with Crippen LogP contribution in [0.1, 0.15) is 5.56 Å². The average Bonchev–Trinajstić information content (AvgIpc) is 2.78. The highest BCUT2D eigenvalue weighted by Crippen LogP contribution is 2.24. The number of anilines is 1. The lowest BCUT2D eigenvalue weighted by Crippen LogP contribution is -2.26. The van der Waals surface area contributed by atoms with Gasteiger partial charge in [0.25, 0.3) is 15.7 Å². The van der Waals surface area contributed by atoms with Crippen molar-refractivity contribution in [2.24, 2.45) is 0 Å². The molecule has 0 aliphatic rings. The number of ether oxygens (including phenoxy) is 1. The van der Waals surface area contributed by atoms with Gasteiger partial charge >= 0.3 is 5.97 Å². The number of rotatable bonds is 7.